The van der Waals surface area contributed by atoms with Crippen molar-refractivity contribution in [3.8, 4) is 11.5 Å². The highest BCUT2D eigenvalue weighted by Gasteiger charge is 2.27. The molecule has 1 N–H and O–H groups in total. The van der Waals surface area contributed by atoms with Crippen LogP contribution in [0.3, 0.4) is 0 Å². The first kappa shape index (κ1) is 11.7. The van der Waals surface area contributed by atoms with Gasteiger partial charge in [-0.2, -0.15) is 0 Å². The minimum atomic E-state index is -0.543. The van der Waals surface area contributed by atoms with Crippen molar-refractivity contribution in [3.63, 3.8) is 0 Å². The normalized spacial score (nSPS) is 16.7. The van der Waals surface area contributed by atoms with E-state index in [1.165, 1.54) is 7.11 Å². The van der Waals surface area contributed by atoms with E-state index >= 15 is 0 Å². The average molecular weight is 289 g/mol. The number of hydrogen-bond acceptors (Lipinski definition) is 2. The van der Waals surface area contributed by atoms with Crippen LogP contribution in [0.25, 0.3) is 0 Å². The highest BCUT2D eigenvalue weighted by Crippen LogP contribution is 2.44. The van der Waals surface area contributed by atoms with Gasteiger partial charge in [0.1, 0.15) is 5.75 Å². The van der Waals surface area contributed by atoms with Crippen molar-refractivity contribution >= 4 is 15.9 Å². The summed E-state index contributed by atoms with van der Waals surface area (Å²) in [6.45, 7) is 0. The molecule has 0 heterocycles. The third-order valence-corrected chi connectivity index (χ3v) is 3.78. The van der Waals surface area contributed by atoms with Gasteiger partial charge in [-0.25, -0.2) is 4.39 Å². The van der Waals surface area contributed by atoms with E-state index in [0.717, 1.165) is 25.7 Å². The first-order valence-corrected chi connectivity index (χ1v) is 6.19. The Kier molecular flexibility index (Phi) is 3.38. The lowest BCUT2D eigenvalue weighted by molar-refractivity contribution is 0.382. The van der Waals surface area contributed by atoms with E-state index in [-0.39, 0.29) is 11.7 Å². The number of phenolic OH excluding ortho intramolecular Hbond substituents is 1. The summed E-state index contributed by atoms with van der Waals surface area (Å²) >= 11 is 3.11. The number of methoxy groups -OCH3 is 1. The first-order chi connectivity index (χ1) is 7.65. The molecule has 1 aliphatic carbocycles. The van der Waals surface area contributed by atoms with Crippen molar-refractivity contribution in [2.45, 2.75) is 31.6 Å². The summed E-state index contributed by atoms with van der Waals surface area (Å²) in [5.74, 6) is -0.163. The van der Waals surface area contributed by atoms with Gasteiger partial charge in [-0.3, -0.25) is 0 Å². The lowest BCUT2D eigenvalue weighted by atomic mass is 9.95. The van der Waals surface area contributed by atoms with E-state index in [9.17, 15) is 9.50 Å². The molecule has 88 valence electrons. The van der Waals surface area contributed by atoms with Crippen LogP contribution in [0.1, 0.15) is 37.2 Å². The van der Waals surface area contributed by atoms with Crippen LogP contribution in [0.15, 0.2) is 10.5 Å². The molecule has 0 spiro atoms. The SMILES string of the molecule is COc1cc(Br)c(O)c(F)c1C1CCCC1. The molecule has 1 aliphatic rings. The lowest BCUT2D eigenvalue weighted by Gasteiger charge is -2.16. The maximum atomic E-state index is 14.0. The Labute approximate surface area is 103 Å². The van der Waals surface area contributed by atoms with Crippen LogP contribution < -0.4 is 4.74 Å². The Morgan fingerprint density at radius 1 is 1.44 bits per heavy atom. The van der Waals surface area contributed by atoms with Crippen LogP contribution in [0, 0.1) is 5.82 Å². The van der Waals surface area contributed by atoms with Crippen LogP contribution in [0.4, 0.5) is 4.39 Å². The molecule has 0 amide bonds. The molecule has 2 nitrogen and oxygen atoms in total. The van der Waals surface area contributed by atoms with Crippen LogP contribution in [-0.4, -0.2) is 12.2 Å². The van der Waals surface area contributed by atoms with Gasteiger partial charge in [-0.1, -0.05) is 12.8 Å². The lowest BCUT2D eigenvalue weighted by Crippen LogP contribution is -2.01. The number of rotatable bonds is 2. The molecule has 0 aromatic heterocycles. The van der Waals surface area contributed by atoms with E-state index in [1.54, 1.807) is 6.07 Å². The van der Waals surface area contributed by atoms with Gasteiger partial charge in [-0.05, 0) is 40.8 Å². The number of ether oxygens (including phenoxy) is 1. The maximum Gasteiger partial charge on any atom is 0.173 e. The second-order valence-electron chi connectivity index (χ2n) is 4.12. The predicted octanol–water partition coefficient (Wildman–Crippen LogP) is 3.96. The summed E-state index contributed by atoms with van der Waals surface area (Å²) in [7, 11) is 1.52. The van der Waals surface area contributed by atoms with Crippen molar-refractivity contribution in [3.05, 3.63) is 21.9 Å². The fourth-order valence-electron chi connectivity index (χ4n) is 2.37. The largest absolute Gasteiger partial charge is 0.504 e. The minimum Gasteiger partial charge on any atom is -0.504 e. The van der Waals surface area contributed by atoms with Crippen LogP contribution in [0.5, 0.6) is 11.5 Å². The van der Waals surface area contributed by atoms with Crippen molar-refractivity contribution < 1.29 is 14.2 Å². The summed E-state index contributed by atoms with van der Waals surface area (Å²) in [6.07, 6.45) is 4.16. The first-order valence-electron chi connectivity index (χ1n) is 5.40. The van der Waals surface area contributed by atoms with Gasteiger partial charge in [0.15, 0.2) is 11.6 Å². The van der Waals surface area contributed by atoms with Gasteiger partial charge in [0.25, 0.3) is 0 Å². The zero-order valence-corrected chi connectivity index (χ0v) is 10.7. The predicted molar refractivity (Wildman–Crippen MR) is 63.5 cm³/mol. The molecule has 1 aromatic carbocycles. The molecule has 1 fully saturated rings. The molecule has 0 saturated heterocycles. The molecule has 0 bridgehead atoms. The molecule has 0 radical (unpaired) electrons. The summed E-state index contributed by atoms with van der Waals surface area (Å²) in [6, 6.07) is 1.63. The number of phenols is 1. The van der Waals surface area contributed by atoms with E-state index in [2.05, 4.69) is 15.9 Å². The molecular weight excluding hydrogens is 275 g/mol. The molecule has 0 aliphatic heterocycles. The summed E-state index contributed by atoms with van der Waals surface area (Å²) in [5.41, 5.74) is 0.528. The fourth-order valence-corrected chi connectivity index (χ4v) is 2.75. The third-order valence-electron chi connectivity index (χ3n) is 3.18. The van der Waals surface area contributed by atoms with Crippen molar-refractivity contribution in [2.24, 2.45) is 0 Å². The molecular formula is C12H14BrFO2. The summed E-state index contributed by atoms with van der Waals surface area (Å²) < 4.78 is 19.5. The Balaban J connectivity index is 2.52. The highest BCUT2D eigenvalue weighted by molar-refractivity contribution is 9.10. The van der Waals surface area contributed by atoms with Gasteiger partial charge in [0.05, 0.1) is 11.6 Å². The van der Waals surface area contributed by atoms with E-state index in [1.807, 2.05) is 0 Å². The topological polar surface area (TPSA) is 29.5 Å². The molecule has 4 heteroatoms. The van der Waals surface area contributed by atoms with E-state index in [0.29, 0.717) is 15.8 Å². The van der Waals surface area contributed by atoms with Gasteiger partial charge in [0, 0.05) is 5.56 Å². The molecule has 0 atom stereocenters. The third kappa shape index (κ3) is 1.90. The van der Waals surface area contributed by atoms with Crippen LogP contribution >= 0.6 is 15.9 Å². The smallest absolute Gasteiger partial charge is 0.173 e. The zero-order chi connectivity index (χ0) is 11.7. The Bertz CT molecular complexity index is 400. The molecule has 1 aromatic rings. The number of hydrogen-bond donors (Lipinski definition) is 1. The van der Waals surface area contributed by atoms with Crippen molar-refractivity contribution in [1.82, 2.24) is 0 Å². The van der Waals surface area contributed by atoms with Gasteiger partial charge in [-0.15, -0.1) is 0 Å². The monoisotopic (exact) mass is 288 g/mol. The zero-order valence-electron chi connectivity index (χ0n) is 9.09. The summed E-state index contributed by atoms with van der Waals surface area (Å²) in [5, 5.41) is 9.59. The number of halogens is 2. The molecule has 2 rings (SSSR count). The number of aromatic hydroxyl groups is 1. The van der Waals surface area contributed by atoms with E-state index in [4.69, 9.17) is 4.74 Å². The van der Waals surface area contributed by atoms with Gasteiger partial charge in [0.2, 0.25) is 0 Å². The van der Waals surface area contributed by atoms with Crippen molar-refractivity contribution in [1.29, 1.82) is 0 Å². The van der Waals surface area contributed by atoms with Crippen LogP contribution in [0.2, 0.25) is 0 Å². The molecule has 0 unspecified atom stereocenters. The Hall–Kier alpha value is -0.770. The minimum absolute atomic E-state index is 0.175. The highest BCUT2D eigenvalue weighted by atomic mass is 79.9. The van der Waals surface area contributed by atoms with E-state index < -0.39 is 5.82 Å². The molecule has 1 saturated carbocycles. The van der Waals surface area contributed by atoms with Crippen LogP contribution in [-0.2, 0) is 0 Å². The second-order valence-corrected chi connectivity index (χ2v) is 4.97. The van der Waals surface area contributed by atoms with Crippen molar-refractivity contribution in [2.75, 3.05) is 7.11 Å². The fraction of sp³-hybridized carbons (Fsp3) is 0.500. The quantitative estimate of drug-likeness (QED) is 0.893. The average Bonchev–Trinajstić information content (AvgIpc) is 2.78. The number of benzene rings is 1. The standard InChI is InChI=1S/C12H14BrFO2/c1-16-9-6-8(13)12(15)11(14)10(9)7-4-2-3-5-7/h6-7,15H,2-5H2,1H3. The van der Waals surface area contributed by atoms with Gasteiger partial charge >= 0.3 is 0 Å². The summed E-state index contributed by atoms with van der Waals surface area (Å²) in [4.78, 5) is 0. The second kappa shape index (κ2) is 4.62. The molecule has 16 heavy (non-hydrogen) atoms. The van der Waals surface area contributed by atoms with Gasteiger partial charge < -0.3 is 9.84 Å². The Morgan fingerprint density at radius 3 is 2.62 bits per heavy atom. The maximum absolute atomic E-state index is 14.0. The Morgan fingerprint density at radius 2 is 2.06 bits per heavy atom.